The number of likely N-dealkylation sites (N-methyl/N-ethyl adjacent to an activating group) is 1. The van der Waals surface area contributed by atoms with E-state index in [1.165, 1.54) is 19.2 Å². The molecule has 0 heterocycles. The number of carbonyl (C=O) groups excluding carboxylic acids is 1. The van der Waals surface area contributed by atoms with Crippen LogP contribution in [0.5, 0.6) is 0 Å². The Morgan fingerprint density at radius 1 is 1.47 bits per heavy atom. The standard InChI is InChI=1S/C10H13N3O3.ClH/c1-12-10(14)9(11)6-7-2-4-8(5-3-7)13(15)16;/h2-5,9H,6,11H2,1H3,(H,12,14);1H. The van der Waals surface area contributed by atoms with Crippen molar-refractivity contribution in [2.24, 2.45) is 5.73 Å². The molecule has 1 aromatic carbocycles. The minimum atomic E-state index is -0.633. The number of nitro groups is 1. The van der Waals surface area contributed by atoms with Crippen LogP contribution in [-0.4, -0.2) is 23.9 Å². The normalized spacial score (nSPS) is 11.2. The zero-order valence-electron chi connectivity index (χ0n) is 9.25. The van der Waals surface area contributed by atoms with Crippen molar-refractivity contribution >= 4 is 24.0 Å². The van der Waals surface area contributed by atoms with Gasteiger partial charge in [0.1, 0.15) is 0 Å². The van der Waals surface area contributed by atoms with E-state index in [2.05, 4.69) is 5.32 Å². The molecule has 0 aliphatic rings. The van der Waals surface area contributed by atoms with E-state index in [9.17, 15) is 14.9 Å². The molecular weight excluding hydrogens is 246 g/mol. The van der Waals surface area contributed by atoms with Gasteiger partial charge in [0, 0.05) is 19.2 Å². The van der Waals surface area contributed by atoms with Crippen LogP contribution >= 0.6 is 12.4 Å². The largest absolute Gasteiger partial charge is 0.358 e. The average molecular weight is 260 g/mol. The minimum Gasteiger partial charge on any atom is -0.358 e. The van der Waals surface area contributed by atoms with E-state index in [4.69, 9.17) is 5.73 Å². The predicted octanol–water partition coefficient (Wildman–Crippen LogP) is 0.632. The lowest BCUT2D eigenvalue weighted by molar-refractivity contribution is -0.384. The molecule has 0 saturated carbocycles. The molecule has 94 valence electrons. The number of nitrogens with zero attached hydrogens (tertiary/aromatic N) is 1. The van der Waals surface area contributed by atoms with Gasteiger partial charge in [-0.15, -0.1) is 12.4 Å². The van der Waals surface area contributed by atoms with Crippen molar-refractivity contribution in [3.63, 3.8) is 0 Å². The van der Waals surface area contributed by atoms with Gasteiger partial charge in [-0.1, -0.05) is 12.1 Å². The molecule has 3 N–H and O–H groups in total. The number of amides is 1. The number of nitrogens with two attached hydrogens (primary N) is 1. The van der Waals surface area contributed by atoms with Crippen molar-refractivity contribution in [3.05, 3.63) is 39.9 Å². The third-order valence-electron chi connectivity index (χ3n) is 2.19. The Morgan fingerprint density at radius 3 is 2.41 bits per heavy atom. The first kappa shape index (κ1) is 15.3. The third-order valence-corrected chi connectivity index (χ3v) is 2.19. The molecule has 1 atom stereocenters. The van der Waals surface area contributed by atoms with Crippen LogP contribution in [0.4, 0.5) is 5.69 Å². The molecule has 0 bridgehead atoms. The molecule has 1 amide bonds. The number of hydrogen-bond acceptors (Lipinski definition) is 4. The zero-order valence-corrected chi connectivity index (χ0v) is 10.1. The van der Waals surface area contributed by atoms with Gasteiger partial charge < -0.3 is 11.1 Å². The first-order valence-corrected chi connectivity index (χ1v) is 4.75. The Labute approximate surface area is 105 Å². The van der Waals surface area contributed by atoms with Crippen LogP contribution in [0.2, 0.25) is 0 Å². The monoisotopic (exact) mass is 259 g/mol. The van der Waals surface area contributed by atoms with Gasteiger partial charge >= 0.3 is 0 Å². The summed E-state index contributed by atoms with van der Waals surface area (Å²) in [6, 6.07) is 5.35. The second-order valence-electron chi connectivity index (χ2n) is 3.35. The molecule has 1 unspecified atom stereocenters. The zero-order chi connectivity index (χ0) is 12.1. The Hall–Kier alpha value is -1.66. The lowest BCUT2D eigenvalue weighted by Gasteiger charge is -2.09. The van der Waals surface area contributed by atoms with Crippen LogP contribution in [0.25, 0.3) is 0 Å². The van der Waals surface area contributed by atoms with E-state index >= 15 is 0 Å². The maximum Gasteiger partial charge on any atom is 0.269 e. The van der Waals surface area contributed by atoms with Crippen molar-refractivity contribution < 1.29 is 9.72 Å². The van der Waals surface area contributed by atoms with Gasteiger partial charge in [-0.05, 0) is 12.0 Å². The number of hydrogen-bond donors (Lipinski definition) is 2. The van der Waals surface area contributed by atoms with Crippen LogP contribution in [-0.2, 0) is 11.2 Å². The highest BCUT2D eigenvalue weighted by molar-refractivity contribution is 5.85. The Bertz CT molecular complexity index is 394. The van der Waals surface area contributed by atoms with Crippen LogP contribution in [0.15, 0.2) is 24.3 Å². The van der Waals surface area contributed by atoms with Crippen LogP contribution < -0.4 is 11.1 Å². The highest BCUT2D eigenvalue weighted by Crippen LogP contribution is 2.12. The fourth-order valence-corrected chi connectivity index (χ4v) is 1.29. The second-order valence-corrected chi connectivity index (χ2v) is 3.35. The number of nitro benzene ring substituents is 1. The number of benzene rings is 1. The molecule has 0 spiro atoms. The lowest BCUT2D eigenvalue weighted by atomic mass is 10.1. The van der Waals surface area contributed by atoms with Gasteiger partial charge in [0.15, 0.2) is 0 Å². The molecule has 1 aromatic rings. The van der Waals surface area contributed by atoms with Gasteiger partial charge in [-0.3, -0.25) is 14.9 Å². The van der Waals surface area contributed by atoms with Crippen molar-refractivity contribution in [2.75, 3.05) is 7.05 Å². The Kier molecular flexibility index (Phi) is 6.16. The van der Waals surface area contributed by atoms with E-state index in [1.54, 1.807) is 12.1 Å². The number of nitrogens with one attached hydrogen (secondary N) is 1. The van der Waals surface area contributed by atoms with Gasteiger partial charge in [-0.25, -0.2) is 0 Å². The predicted molar refractivity (Wildman–Crippen MR) is 66.1 cm³/mol. The molecule has 0 aliphatic carbocycles. The molecule has 0 saturated heterocycles. The minimum absolute atomic E-state index is 0. The van der Waals surface area contributed by atoms with Gasteiger partial charge in [0.25, 0.3) is 5.69 Å². The fourth-order valence-electron chi connectivity index (χ4n) is 1.29. The molecule has 0 radical (unpaired) electrons. The van der Waals surface area contributed by atoms with Crippen molar-refractivity contribution in [1.29, 1.82) is 0 Å². The number of rotatable bonds is 4. The van der Waals surface area contributed by atoms with Crippen LogP contribution in [0.1, 0.15) is 5.56 Å². The molecule has 0 aliphatic heterocycles. The second kappa shape index (κ2) is 6.82. The van der Waals surface area contributed by atoms with E-state index in [-0.39, 0.29) is 24.0 Å². The molecule has 1 rings (SSSR count). The Balaban J connectivity index is 0.00000256. The van der Waals surface area contributed by atoms with Crippen LogP contribution in [0, 0.1) is 10.1 Å². The van der Waals surface area contributed by atoms with Crippen molar-refractivity contribution in [1.82, 2.24) is 5.32 Å². The van der Waals surface area contributed by atoms with Crippen molar-refractivity contribution in [2.45, 2.75) is 12.5 Å². The van der Waals surface area contributed by atoms with E-state index in [0.717, 1.165) is 5.56 Å². The first-order valence-electron chi connectivity index (χ1n) is 4.75. The highest BCUT2D eigenvalue weighted by atomic mass is 35.5. The van der Waals surface area contributed by atoms with Gasteiger partial charge in [0.05, 0.1) is 11.0 Å². The summed E-state index contributed by atoms with van der Waals surface area (Å²) in [5.41, 5.74) is 6.43. The number of halogens is 1. The summed E-state index contributed by atoms with van der Waals surface area (Å²) in [6.07, 6.45) is 0.359. The lowest BCUT2D eigenvalue weighted by Crippen LogP contribution is -2.40. The number of carbonyl (C=O) groups is 1. The summed E-state index contributed by atoms with van der Waals surface area (Å²) < 4.78 is 0. The molecular formula is C10H14ClN3O3. The summed E-state index contributed by atoms with van der Waals surface area (Å²) >= 11 is 0. The van der Waals surface area contributed by atoms with E-state index in [1.807, 2.05) is 0 Å². The molecule has 0 fully saturated rings. The van der Waals surface area contributed by atoms with Gasteiger partial charge in [0.2, 0.25) is 5.91 Å². The fraction of sp³-hybridized carbons (Fsp3) is 0.300. The Morgan fingerprint density at radius 2 is 2.00 bits per heavy atom. The third kappa shape index (κ3) is 4.38. The van der Waals surface area contributed by atoms with Gasteiger partial charge in [-0.2, -0.15) is 0 Å². The molecule has 17 heavy (non-hydrogen) atoms. The van der Waals surface area contributed by atoms with Crippen LogP contribution in [0.3, 0.4) is 0 Å². The summed E-state index contributed by atoms with van der Waals surface area (Å²) in [5.74, 6) is -0.252. The average Bonchev–Trinajstić information content (AvgIpc) is 2.28. The number of non-ortho nitro benzene ring substituents is 1. The van der Waals surface area contributed by atoms with E-state index in [0.29, 0.717) is 6.42 Å². The summed E-state index contributed by atoms with van der Waals surface area (Å²) in [7, 11) is 1.51. The summed E-state index contributed by atoms with van der Waals surface area (Å²) in [5, 5.41) is 12.8. The maximum absolute atomic E-state index is 11.1. The topological polar surface area (TPSA) is 98.3 Å². The maximum atomic E-state index is 11.1. The highest BCUT2D eigenvalue weighted by Gasteiger charge is 2.12. The summed E-state index contributed by atoms with van der Waals surface area (Å²) in [6.45, 7) is 0. The summed E-state index contributed by atoms with van der Waals surface area (Å²) in [4.78, 5) is 21.1. The SMILES string of the molecule is CNC(=O)C(N)Cc1ccc([N+](=O)[O-])cc1.Cl. The van der Waals surface area contributed by atoms with Crippen molar-refractivity contribution in [3.8, 4) is 0 Å². The quantitative estimate of drug-likeness (QED) is 0.612. The van der Waals surface area contributed by atoms with E-state index < -0.39 is 11.0 Å². The first-order chi connectivity index (χ1) is 7.54. The molecule has 6 nitrogen and oxygen atoms in total. The molecule has 7 heteroatoms. The molecule has 0 aromatic heterocycles. The smallest absolute Gasteiger partial charge is 0.269 e.